The number of fused-ring (bicyclic) bond motifs is 1. The fraction of sp³-hybridized carbons (Fsp3) is 0.133. The quantitative estimate of drug-likeness (QED) is 0.307. The Hall–Kier alpha value is -2.67. The van der Waals surface area contributed by atoms with Crippen LogP contribution in [0.2, 0.25) is 0 Å². The summed E-state index contributed by atoms with van der Waals surface area (Å²) in [6, 6.07) is 9.83. The van der Waals surface area contributed by atoms with Gasteiger partial charge >= 0.3 is 0 Å². The summed E-state index contributed by atoms with van der Waals surface area (Å²) in [6.07, 6.45) is -0.791. The van der Waals surface area contributed by atoms with Crippen molar-refractivity contribution in [2.75, 3.05) is 11.2 Å². The molecule has 0 aromatic heterocycles. The van der Waals surface area contributed by atoms with E-state index in [2.05, 4.69) is 5.32 Å². The summed E-state index contributed by atoms with van der Waals surface area (Å²) in [6.45, 7) is 0. The Morgan fingerprint density at radius 3 is 2.65 bits per heavy atom. The van der Waals surface area contributed by atoms with Crippen LogP contribution in [-0.4, -0.2) is 27.4 Å². The molecule has 1 aliphatic rings. The first-order valence-corrected chi connectivity index (χ1v) is 7.26. The van der Waals surface area contributed by atoms with Crippen molar-refractivity contribution < 1.29 is 14.1 Å². The monoisotopic (exact) mass is 335 g/mol. The summed E-state index contributed by atoms with van der Waals surface area (Å²) in [4.78, 5) is 10.4. The van der Waals surface area contributed by atoms with E-state index in [0.717, 1.165) is 0 Å². The highest BCUT2D eigenvalue weighted by Crippen LogP contribution is 2.30. The van der Waals surface area contributed by atoms with Crippen molar-refractivity contribution in [1.29, 1.82) is 0 Å². The molecule has 1 heterocycles. The fourth-order valence-corrected chi connectivity index (χ4v) is 2.70. The molecule has 1 unspecified atom stereocenters. The number of hydrogen-bond acceptors (Lipinski definition) is 4. The van der Waals surface area contributed by atoms with Crippen molar-refractivity contribution >= 4 is 28.7 Å². The van der Waals surface area contributed by atoms with Gasteiger partial charge < -0.3 is 10.5 Å². The van der Waals surface area contributed by atoms with Crippen LogP contribution in [0.5, 0.6) is 0 Å². The molecule has 2 aromatic carbocycles. The van der Waals surface area contributed by atoms with E-state index in [9.17, 15) is 19.7 Å². The molecule has 2 aromatic rings. The topological polar surface area (TPSA) is 81.2 Å². The smallest absolute Gasteiger partial charge is 0.270 e. The van der Waals surface area contributed by atoms with Crippen molar-refractivity contribution in [1.82, 2.24) is 0 Å². The number of nitro benzene ring substituents is 1. The molecule has 0 saturated carbocycles. The third-order valence-corrected chi connectivity index (χ3v) is 3.86. The lowest BCUT2D eigenvalue weighted by atomic mass is 9.97. The summed E-state index contributed by atoms with van der Waals surface area (Å²) < 4.78 is 14.7. The SMILES string of the molecule is O=[N+]([O-])c1ccc2c(c1)C(c1ccccc1F)=[N+]([O-])C(CCl)N2. The van der Waals surface area contributed by atoms with Gasteiger partial charge in [-0.25, -0.2) is 4.39 Å². The van der Waals surface area contributed by atoms with Gasteiger partial charge in [0.05, 0.1) is 21.7 Å². The fourth-order valence-electron chi connectivity index (χ4n) is 2.50. The third-order valence-electron chi connectivity index (χ3n) is 3.57. The Morgan fingerprint density at radius 1 is 1.26 bits per heavy atom. The number of nitrogens with zero attached hydrogens (tertiary/aromatic N) is 2. The van der Waals surface area contributed by atoms with E-state index in [1.807, 2.05) is 0 Å². The van der Waals surface area contributed by atoms with Crippen LogP contribution in [-0.2, 0) is 0 Å². The minimum absolute atomic E-state index is 0.0196. The molecule has 3 rings (SSSR count). The van der Waals surface area contributed by atoms with Gasteiger partial charge in [-0.05, 0) is 18.2 Å². The molecule has 1 aliphatic heterocycles. The van der Waals surface area contributed by atoms with E-state index in [1.54, 1.807) is 6.07 Å². The number of halogens is 2. The van der Waals surface area contributed by atoms with Crippen molar-refractivity contribution in [3.8, 4) is 0 Å². The molecule has 6 nitrogen and oxygen atoms in total. The molecule has 0 amide bonds. The number of rotatable bonds is 3. The van der Waals surface area contributed by atoms with Crippen LogP contribution in [0.1, 0.15) is 11.1 Å². The largest absolute Gasteiger partial charge is 0.622 e. The minimum Gasteiger partial charge on any atom is -0.622 e. The predicted octanol–water partition coefficient (Wildman–Crippen LogP) is 3.07. The highest BCUT2D eigenvalue weighted by molar-refractivity contribution is 6.19. The van der Waals surface area contributed by atoms with E-state index < -0.39 is 16.9 Å². The van der Waals surface area contributed by atoms with Gasteiger partial charge in [0.2, 0.25) is 5.71 Å². The van der Waals surface area contributed by atoms with Gasteiger partial charge in [0, 0.05) is 12.1 Å². The Morgan fingerprint density at radius 2 is 2.00 bits per heavy atom. The molecule has 0 saturated heterocycles. The zero-order chi connectivity index (χ0) is 16.6. The van der Waals surface area contributed by atoms with Crippen molar-refractivity contribution in [2.45, 2.75) is 6.17 Å². The first-order valence-electron chi connectivity index (χ1n) is 6.72. The van der Waals surface area contributed by atoms with Gasteiger partial charge in [0.1, 0.15) is 11.7 Å². The highest BCUT2D eigenvalue weighted by Gasteiger charge is 2.33. The van der Waals surface area contributed by atoms with Crippen LogP contribution in [0.25, 0.3) is 0 Å². The van der Waals surface area contributed by atoms with Crippen LogP contribution in [0.15, 0.2) is 42.5 Å². The Kier molecular flexibility index (Phi) is 3.87. The number of non-ortho nitro benzene ring substituents is 1. The Balaban J connectivity index is 2.28. The van der Waals surface area contributed by atoms with Crippen LogP contribution >= 0.6 is 11.6 Å². The lowest BCUT2D eigenvalue weighted by Crippen LogP contribution is -2.41. The average molecular weight is 336 g/mol. The second kappa shape index (κ2) is 5.85. The zero-order valence-electron chi connectivity index (χ0n) is 11.7. The van der Waals surface area contributed by atoms with Crippen LogP contribution in [0.3, 0.4) is 0 Å². The normalized spacial score (nSPS) is 16.7. The molecule has 0 spiro atoms. The third kappa shape index (κ3) is 2.59. The van der Waals surface area contributed by atoms with E-state index in [1.165, 1.54) is 36.4 Å². The summed E-state index contributed by atoms with van der Waals surface area (Å²) in [5.41, 5.74) is 0.663. The maximum absolute atomic E-state index is 14.2. The maximum atomic E-state index is 14.2. The molecule has 23 heavy (non-hydrogen) atoms. The van der Waals surface area contributed by atoms with Gasteiger partial charge in [-0.1, -0.05) is 12.1 Å². The van der Waals surface area contributed by atoms with Crippen LogP contribution in [0.4, 0.5) is 15.8 Å². The summed E-state index contributed by atoms with van der Waals surface area (Å²) in [7, 11) is 0. The van der Waals surface area contributed by atoms with E-state index >= 15 is 0 Å². The van der Waals surface area contributed by atoms with Gasteiger partial charge in [-0.15, -0.1) is 11.6 Å². The van der Waals surface area contributed by atoms with Gasteiger partial charge in [0.15, 0.2) is 0 Å². The molecule has 0 fully saturated rings. The van der Waals surface area contributed by atoms with Crippen LogP contribution < -0.4 is 5.32 Å². The minimum atomic E-state index is -0.791. The maximum Gasteiger partial charge on any atom is 0.270 e. The lowest BCUT2D eigenvalue weighted by Gasteiger charge is -2.26. The van der Waals surface area contributed by atoms with E-state index in [-0.39, 0.29) is 28.4 Å². The molecular weight excluding hydrogens is 325 g/mol. The Labute approximate surface area is 135 Å². The van der Waals surface area contributed by atoms with Gasteiger partial charge in [-0.3, -0.25) is 10.1 Å². The zero-order valence-corrected chi connectivity index (χ0v) is 12.5. The van der Waals surface area contributed by atoms with Crippen molar-refractivity contribution in [3.63, 3.8) is 0 Å². The summed E-state index contributed by atoms with van der Waals surface area (Å²) in [5, 5.41) is 26.4. The van der Waals surface area contributed by atoms with E-state index in [4.69, 9.17) is 11.6 Å². The standard InChI is InChI=1S/C15H11ClFN3O3/c16-8-14-18-13-6-5-9(20(22)23)7-11(13)15(19(14)21)10-3-1-2-4-12(10)17/h1-7,14,18H,8H2. The second-order valence-electron chi connectivity index (χ2n) is 4.96. The molecular formula is C15H11ClFN3O3. The predicted molar refractivity (Wildman–Crippen MR) is 84.5 cm³/mol. The number of nitro groups is 1. The highest BCUT2D eigenvalue weighted by atomic mass is 35.5. The number of hydrogen-bond donors (Lipinski definition) is 1. The average Bonchev–Trinajstić information content (AvgIpc) is 2.55. The number of hydroxylamine groups is 1. The van der Waals surface area contributed by atoms with Crippen molar-refractivity contribution in [2.24, 2.45) is 0 Å². The summed E-state index contributed by atoms with van der Waals surface area (Å²) in [5.74, 6) is -0.617. The molecule has 0 aliphatic carbocycles. The molecule has 118 valence electrons. The number of nitrogens with one attached hydrogen (secondary N) is 1. The van der Waals surface area contributed by atoms with Gasteiger partial charge in [0.25, 0.3) is 11.9 Å². The van der Waals surface area contributed by atoms with Crippen molar-refractivity contribution in [3.05, 3.63) is 74.7 Å². The first-order chi connectivity index (χ1) is 11.0. The number of anilines is 1. The van der Waals surface area contributed by atoms with Gasteiger partial charge in [-0.2, -0.15) is 4.74 Å². The molecule has 1 atom stereocenters. The van der Waals surface area contributed by atoms with E-state index in [0.29, 0.717) is 10.4 Å². The molecule has 8 heteroatoms. The molecule has 0 bridgehead atoms. The summed E-state index contributed by atoms with van der Waals surface area (Å²) >= 11 is 5.80. The second-order valence-corrected chi connectivity index (χ2v) is 5.26. The Bertz CT molecular complexity index is 825. The first kappa shape index (κ1) is 15.2. The number of benzene rings is 2. The lowest BCUT2D eigenvalue weighted by molar-refractivity contribution is -0.488. The molecule has 1 N–H and O–H groups in total. The number of alkyl halides is 1. The van der Waals surface area contributed by atoms with Crippen LogP contribution in [0, 0.1) is 21.1 Å². The molecule has 0 radical (unpaired) electrons.